The van der Waals surface area contributed by atoms with E-state index in [0.717, 1.165) is 27.8 Å². The molecule has 1 amide bonds. The zero-order valence-corrected chi connectivity index (χ0v) is 16.9. The van der Waals surface area contributed by atoms with Crippen molar-refractivity contribution in [1.82, 2.24) is 15.2 Å². The predicted molar refractivity (Wildman–Crippen MR) is 116 cm³/mol. The van der Waals surface area contributed by atoms with Crippen molar-refractivity contribution in [3.63, 3.8) is 0 Å². The molecule has 4 rings (SSSR count). The lowest BCUT2D eigenvalue weighted by molar-refractivity contribution is -0.115. The van der Waals surface area contributed by atoms with Crippen LogP contribution >= 0.6 is 11.8 Å². The van der Waals surface area contributed by atoms with Crippen molar-refractivity contribution < 1.29 is 9.53 Å². The van der Waals surface area contributed by atoms with E-state index in [1.807, 2.05) is 73.7 Å². The van der Waals surface area contributed by atoms with Crippen LogP contribution in [-0.2, 0) is 4.79 Å². The SMILES string of the molecule is COc1ccc(-c2nc(S[C@H](C)C(=O)Nc3cccc4ccccc34)n[nH]2)cc1. The molecule has 0 radical (unpaired) electrons. The van der Waals surface area contributed by atoms with Crippen LogP contribution < -0.4 is 10.1 Å². The Morgan fingerprint density at radius 3 is 2.62 bits per heavy atom. The third kappa shape index (κ3) is 4.25. The second kappa shape index (κ2) is 8.36. The van der Waals surface area contributed by atoms with Gasteiger partial charge >= 0.3 is 0 Å². The van der Waals surface area contributed by atoms with E-state index in [-0.39, 0.29) is 11.2 Å². The number of fused-ring (bicyclic) bond motifs is 1. The highest BCUT2D eigenvalue weighted by molar-refractivity contribution is 8.00. The summed E-state index contributed by atoms with van der Waals surface area (Å²) >= 11 is 1.31. The van der Waals surface area contributed by atoms with Gasteiger partial charge in [-0.2, -0.15) is 0 Å². The van der Waals surface area contributed by atoms with Gasteiger partial charge in [-0.3, -0.25) is 9.89 Å². The Kier molecular flexibility index (Phi) is 5.48. The zero-order chi connectivity index (χ0) is 20.2. The van der Waals surface area contributed by atoms with Crippen LogP contribution in [0.5, 0.6) is 5.75 Å². The molecule has 0 aliphatic rings. The van der Waals surface area contributed by atoms with Crippen LogP contribution in [-0.4, -0.2) is 33.4 Å². The molecule has 2 N–H and O–H groups in total. The first kappa shape index (κ1) is 19.0. The zero-order valence-electron chi connectivity index (χ0n) is 16.0. The highest BCUT2D eigenvalue weighted by Gasteiger charge is 2.18. The standard InChI is InChI=1S/C22H20N4O2S/c1-14(21(27)23-19-9-5-7-15-6-3-4-8-18(15)19)29-22-24-20(25-26-22)16-10-12-17(28-2)13-11-16/h3-14H,1-2H3,(H,23,27)(H,24,25,26)/t14-/m1/s1. The molecule has 0 spiro atoms. The average Bonchev–Trinajstić information content (AvgIpc) is 3.22. The average molecular weight is 404 g/mol. The summed E-state index contributed by atoms with van der Waals surface area (Å²) in [6.07, 6.45) is 0. The number of hydrogen-bond acceptors (Lipinski definition) is 5. The molecule has 1 atom stereocenters. The number of benzene rings is 3. The summed E-state index contributed by atoms with van der Waals surface area (Å²) in [6.45, 7) is 1.84. The molecule has 146 valence electrons. The van der Waals surface area contributed by atoms with Crippen LogP contribution in [0.4, 0.5) is 5.69 Å². The van der Waals surface area contributed by atoms with E-state index >= 15 is 0 Å². The molecule has 0 bridgehead atoms. The van der Waals surface area contributed by atoms with E-state index in [1.165, 1.54) is 11.8 Å². The Bertz CT molecular complexity index is 1140. The maximum atomic E-state index is 12.7. The van der Waals surface area contributed by atoms with Gasteiger partial charge in [0.05, 0.1) is 12.4 Å². The number of carbonyl (C=O) groups excluding carboxylic acids is 1. The summed E-state index contributed by atoms with van der Waals surface area (Å²) in [5, 5.41) is 12.4. The Labute approximate surface area is 172 Å². The number of nitrogens with one attached hydrogen (secondary N) is 2. The minimum absolute atomic E-state index is 0.0952. The second-order valence-corrected chi connectivity index (χ2v) is 7.78. The molecule has 3 aromatic carbocycles. The molecule has 6 nitrogen and oxygen atoms in total. The third-order valence-corrected chi connectivity index (χ3v) is 5.49. The molecule has 0 aliphatic heterocycles. The van der Waals surface area contributed by atoms with E-state index in [4.69, 9.17) is 4.74 Å². The first-order valence-electron chi connectivity index (χ1n) is 9.16. The van der Waals surface area contributed by atoms with Crippen molar-refractivity contribution in [1.29, 1.82) is 0 Å². The second-order valence-electron chi connectivity index (χ2n) is 6.47. The van der Waals surface area contributed by atoms with Gasteiger partial charge < -0.3 is 10.1 Å². The van der Waals surface area contributed by atoms with Gasteiger partial charge in [-0.05, 0) is 42.6 Å². The Balaban J connectivity index is 1.44. The predicted octanol–water partition coefficient (Wildman–Crippen LogP) is 4.75. The molecule has 0 unspecified atom stereocenters. The summed E-state index contributed by atoms with van der Waals surface area (Å²) in [5.41, 5.74) is 1.70. The van der Waals surface area contributed by atoms with Crippen molar-refractivity contribution in [3.8, 4) is 17.1 Å². The number of thioether (sulfide) groups is 1. The lowest BCUT2D eigenvalue weighted by atomic mass is 10.1. The van der Waals surface area contributed by atoms with Gasteiger partial charge in [0, 0.05) is 16.6 Å². The summed E-state index contributed by atoms with van der Waals surface area (Å²) in [6, 6.07) is 21.4. The van der Waals surface area contributed by atoms with Crippen molar-refractivity contribution in [3.05, 3.63) is 66.7 Å². The highest BCUT2D eigenvalue weighted by Crippen LogP contribution is 2.27. The number of methoxy groups -OCH3 is 1. The number of carbonyl (C=O) groups is 1. The summed E-state index contributed by atoms with van der Waals surface area (Å²) in [5.74, 6) is 1.33. The number of amides is 1. The van der Waals surface area contributed by atoms with Gasteiger partial charge in [0.1, 0.15) is 5.75 Å². The maximum Gasteiger partial charge on any atom is 0.237 e. The molecule has 0 saturated carbocycles. The van der Waals surface area contributed by atoms with E-state index in [1.54, 1.807) is 7.11 Å². The minimum Gasteiger partial charge on any atom is -0.497 e. The van der Waals surface area contributed by atoms with Crippen LogP contribution in [0.2, 0.25) is 0 Å². The number of nitrogens with zero attached hydrogens (tertiary/aromatic N) is 2. The normalized spacial score (nSPS) is 11.9. The van der Waals surface area contributed by atoms with Crippen LogP contribution in [0.25, 0.3) is 22.2 Å². The summed E-state index contributed by atoms with van der Waals surface area (Å²) in [4.78, 5) is 17.2. The lowest BCUT2D eigenvalue weighted by Gasteiger charge is -2.12. The van der Waals surface area contributed by atoms with Crippen molar-refractivity contribution in [2.24, 2.45) is 0 Å². The first-order valence-corrected chi connectivity index (χ1v) is 10.0. The lowest BCUT2D eigenvalue weighted by Crippen LogP contribution is -2.22. The number of anilines is 1. The van der Waals surface area contributed by atoms with Crippen LogP contribution in [0.1, 0.15) is 6.92 Å². The topological polar surface area (TPSA) is 79.9 Å². The number of hydrogen-bond donors (Lipinski definition) is 2. The first-order chi connectivity index (χ1) is 14.1. The minimum atomic E-state index is -0.353. The fraction of sp³-hybridized carbons (Fsp3) is 0.136. The van der Waals surface area contributed by atoms with Gasteiger partial charge in [-0.1, -0.05) is 48.2 Å². The highest BCUT2D eigenvalue weighted by atomic mass is 32.2. The van der Waals surface area contributed by atoms with Gasteiger partial charge in [-0.15, -0.1) is 5.10 Å². The molecular formula is C22H20N4O2S. The van der Waals surface area contributed by atoms with Crippen molar-refractivity contribution in [2.45, 2.75) is 17.3 Å². The Morgan fingerprint density at radius 2 is 1.83 bits per heavy atom. The van der Waals surface area contributed by atoms with Crippen LogP contribution in [0, 0.1) is 0 Å². The summed E-state index contributed by atoms with van der Waals surface area (Å²) in [7, 11) is 1.63. The smallest absolute Gasteiger partial charge is 0.237 e. The molecular weight excluding hydrogens is 384 g/mol. The molecule has 7 heteroatoms. The number of H-pyrrole nitrogens is 1. The molecule has 29 heavy (non-hydrogen) atoms. The number of rotatable bonds is 6. The Hall–Kier alpha value is -3.32. The Morgan fingerprint density at radius 1 is 1.07 bits per heavy atom. The van der Waals surface area contributed by atoms with Gasteiger partial charge in [-0.25, -0.2) is 4.98 Å². The number of aromatic amines is 1. The molecule has 4 aromatic rings. The van der Waals surface area contributed by atoms with Crippen molar-refractivity contribution in [2.75, 3.05) is 12.4 Å². The fourth-order valence-corrected chi connectivity index (χ4v) is 3.68. The van der Waals surface area contributed by atoms with E-state index in [2.05, 4.69) is 20.5 Å². The maximum absolute atomic E-state index is 12.7. The van der Waals surface area contributed by atoms with Crippen molar-refractivity contribution >= 4 is 34.1 Å². The van der Waals surface area contributed by atoms with Gasteiger partial charge in [0.2, 0.25) is 11.1 Å². The van der Waals surface area contributed by atoms with Gasteiger partial charge in [0.15, 0.2) is 5.82 Å². The molecule has 1 aromatic heterocycles. The van der Waals surface area contributed by atoms with E-state index in [9.17, 15) is 4.79 Å². The van der Waals surface area contributed by atoms with E-state index in [0.29, 0.717) is 11.0 Å². The van der Waals surface area contributed by atoms with Crippen LogP contribution in [0.3, 0.4) is 0 Å². The summed E-state index contributed by atoms with van der Waals surface area (Å²) < 4.78 is 5.17. The molecule has 0 aliphatic carbocycles. The quantitative estimate of drug-likeness (QED) is 0.453. The monoisotopic (exact) mass is 404 g/mol. The number of aromatic nitrogens is 3. The third-order valence-electron chi connectivity index (χ3n) is 4.53. The molecule has 0 saturated heterocycles. The molecule has 0 fully saturated rings. The van der Waals surface area contributed by atoms with Gasteiger partial charge in [0.25, 0.3) is 0 Å². The molecule has 1 heterocycles. The van der Waals surface area contributed by atoms with Crippen LogP contribution in [0.15, 0.2) is 71.9 Å². The van der Waals surface area contributed by atoms with E-state index < -0.39 is 0 Å². The fourth-order valence-electron chi connectivity index (χ4n) is 2.96. The largest absolute Gasteiger partial charge is 0.497 e. The number of ether oxygens (including phenoxy) is 1.